The van der Waals surface area contributed by atoms with E-state index in [9.17, 15) is 9.59 Å². The molecule has 0 unspecified atom stereocenters. The van der Waals surface area contributed by atoms with E-state index in [4.69, 9.17) is 4.98 Å². The standard InChI is InChI=1S/C27H34N4O2/c1-4-15-29(16-5-2)26(33)19-31-24-10-8-7-9-23(24)28-27(31)21-17-25(32)30(18-21)22-13-11-20(6-3)12-14-22/h7-14,21H,4-6,15-19H2,1-3H3/t21-/m1/s1. The number of nitrogens with zero attached hydrogens (tertiary/aromatic N) is 4. The summed E-state index contributed by atoms with van der Waals surface area (Å²) in [5, 5.41) is 0. The Hall–Kier alpha value is -3.15. The summed E-state index contributed by atoms with van der Waals surface area (Å²) in [4.78, 5) is 34.9. The van der Waals surface area contributed by atoms with Gasteiger partial charge in [0, 0.05) is 37.7 Å². The molecule has 1 aliphatic rings. The number of aromatic nitrogens is 2. The molecule has 2 heterocycles. The number of fused-ring (bicyclic) bond motifs is 1. The van der Waals surface area contributed by atoms with Crippen LogP contribution in [-0.4, -0.2) is 45.9 Å². The molecule has 1 fully saturated rings. The summed E-state index contributed by atoms with van der Waals surface area (Å²) in [5.41, 5.74) is 4.00. The second-order valence-corrected chi connectivity index (χ2v) is 8.85. The number of hydrogen-bond acceptors (Lipinski definition) is 3. The van der Waals surface area contributed by atoms with Crippen molar-refractivity contribution in [2.24, 2.45) is 0 Å². The van der Waals surface area contributed by atoms with Crippen LogP contribution in [0.2, 0.25) is 0 Å². The van der Waals surface area contributed by atoms with Crippen LogP contribution < -0.4 is 4.90 Å². The Kier molecular flexibility index (Phi) is 7.11. The number of carbonyl (C=O) groups excluding carboxylic acids is 2. The normalized spacial score (nSPS) is 16.0. The largest absolute Gasteiger partial charge is 0.341 e. The molecule has 0 saturated carbocycles. The average Bonchev–Trinajstić information content (AvgIpc) is 3.39. The van der Waals surface area contributed by atoms with Crippen molar-refractivity contribution >= 4 is 28.5 Å². The van der Waals surface area contributed by atoms with Gasteiger partial charge in [0.25, 0.3) is 0 Å². The molecular weight excluding hydrogens is 412 g/mol. The van der Waals surface area contributed by atoms with Crippen LogP contribution in [0.3, 0.4) is 0 Å². The van der Waals surface area contributed by atoms with E-state index in [0.29, 0.717) is 13.0 Å². The molecule has 3 aromatic rings. The lowest BCUT2D eigenvalue weighted by Gasteiger charge is -2.23. The number of aryl methyl sites for hydroxylation is 1. The fourth-order valence-corrected chi connectivity index (χ4v) is 4.75. The third-order valence-corrected chi connectivity index (χ3v) is 6.46. The molecular formula is C27H34N4O2. The highest BCUT2D eigenvalue weighted by Crippen LogP contribution is 2.33. The van der Waals surface area contributed by atoms with Crippen molar-refractivity contribution in [1.29, 1.82) is 0 Å². The third kappa shape index (κ3) is 4.80. The minimum Gasteiger partial charge on any atom is -0.341 e. The predicted octanol–water partition coefficient (Wildman–Crippen LogP) is 4.77. The Morgan fingerprint density at radius 1 is 1.03 bits per heavy atom. The van der Waals surface area contributed by atoms with Crippen molar-refractivity contribution in [2.75, 3.05) is 24.5 Å². The molecule has 1 saturated heterocycles. The Labute approximate surface area is 196 Å². The first kappa shape index (κ1) is 23.0. The zero-order chi connectivity index (χ0) is 23.4. The number of imidazole rings is 1. The maximum absolute atomic E-state index is 13.2. The van der Waals surface area contributed by atoms with E-state index in [1.807, 2.05) is 50.8 Å². The molecule has 0 aliphatic carbocycles. The van der Waals surface area contributed by atoms with E-state index in [1.54, 1.807) is 0 Å². The number of rotatable bonds is 9. The number of anilines is 1. The summed E-state index contributed by atoms with van der Waals surface area (Å²) in [7, 11) is 0. The van der Waals surface area contributed by atoms with Crippen LogP contribution in [0.4, 0.5) is 5.69 Å². The maximum Gasteiger partial charge on any atom is 0.242 e. The van der Waals surface area contributed by atoms with E-state index >= 15 is 0 Å². The minimum atomic E-state index is -0.0469. The fraction of sp³-hybridized carbons (Fsp3) is 0.444. The summed E-state index contributed by atoms with van der Waals surface area (Å²) in [6.07, 6.45) is 3.25. The highest BCUT2D eigenvalue weighted by Gasteiger charge is 2.35. The Morgan fingerprint density at radius 2 is 1.73 bits per heavy atom. The number of hydrogen-bond donors (Lipinski definition) is 0. The van der Waals surface area contributed by atoms with Gasteiger partial charge in [0.15, 0.2) is 0 Å². The van der Waals surface area contributed by atoms with Gasteiger partial charge in [-0.05, 0) is 49.1 Å². The first-order chi connectivity index (χ1) is 16.0. The van der Waals surface area contributed by atoms with Gasteiger partial charge >= 0.3 is 0 Å². The van der Waals surface area contributed by atoms with Crippen molar-refractivity contribution in [1.82, 2.24) is 14.5 Å². The molecule has 4 rings (SSSR count). The van der Waals surface area contributed by atoms with Crippen LogP contribution in [0, 0.1) is 0 Å². The Morgan fingerprint density at radius 3 is 2.39 bits per heavy atom. The van der Waals surface area contributed by atoms with Crippen molar-refractivity contribution < 1.29 is 9.59 Å². The van der Waals surface area contributed by atoms with Gasteiger partial charge in [0.1, 0.15) is 12.4 Å². The Bertz CT molecular complexity index is 1110. The number of amides is 2. The van der Waals surface area contributed by atoms with Crippen molar-refractivity contribution in [3.05, 3.63) is 59.9 Å². The smallest absolute Gasteiger partial charge is 0.242 e. The molecule has 174 valence electrons. The topological polar surface area (TPSA) is 58.4 Å². The minimum absolute atomic E-state index is 0.0469. The first-order valence-electron chi connectivity index (χ1n) is 12.2. The molecule has 1 atom stereocenters. The number of benzene rings is 2. The average molecular weight is 447 g/mol. The second kappa shape index (κ2) is 10.2. The van der Waals surface area contributed by atoms with Crippen LogP contribution in [0.25, 0.3) is 11.0 Å². The molecule has 2 amide bonds. The van der Waals surface area contributed by atoms with Crippen LogP contribution in [-0.2, 0) is 22.6 Å². The summed E-state index contributed by atoms with van der Waals surface area (Å²) < 4.78 is 2.04. The second-order valence-electron chi connectivity index (χ2n) is 8.85. The van der Waals surface area contributed by atoms with Crippen molar-refractivity contribution in [3.63, 3.8) is 0 Å². The molecule has 2 aromatic carbocycles. The molecule has 0 bridgehead atoms. The lowest BCUT2D eigenvalue weighted by atomic mass is 10.1. The van der Waals surface area contributed by atoms with E-state index in [1.165, 1.54) is 5.56 Å². The summed E-state index contributed by atoms with van der Waals surface area (Å²) >= 11 is 0. The van der Waals surface area contributed by atoms with Gasteiger partial charge in [-0.2, -0.15) is 0 Å². The van der Waals surface area contributed by atoms with Gasteiger partial charge in [-0.3, -0.25) is 9.59 Å². The predicted molar refractivity (Wildman–Crippen MR) is 132 cm³/mol. The third-order valence-electron chi connectivity index (χ3n) is 6.46. The molecule has 0 radical (unpaired) electrons. The van der Waals surface area contributed by atoms with Crippen molar-refractivity contribution in [3.8, 4) is 0 Å². The monoisotopic (exact) mass is 446 g/mol. The van der Waals surface area contributed by atoms with Crippen LogP contribution in [0.1, 0.15) is 57.3 Å². The molecule has 6 nitrogen and oxygen atoms in total. The first-order valence-corrected chi connectivity index (χ1v) is 12.2. The van der Waals surface area contributed by atoms with Gasteiger partial charge in [-0.1, -0.05) is 45.0 Å². The SMILES string of the molecule is CCCN(CCC)C(=O)Cn1c([C@@H]2CC(=O)N(c3ccc(CC)cc3)C2)nc2ccccc21. The van der Waals surface area contributed by atoms with Crippen LogP contribution in [0.15, 0.2) is 48.5 Å². The van der Waals surface area contributed by atoms with Crippen LogP contribution >= 0.6 is 0 Å². The molecule has 33 heavy (non-hydrogen) atoms. The quantitative estimate of drug-likeness (QED) is 0.476. The number of para-hydroxylation sites is 2. The van der Waals surface area contributed by atoms with Gasteiger partial charge in [0.05, 0.1) is 11.0 Å². The highest BCUT2D eigenvalue weighted by atomic mass is 16.2. The summed E-state index contributed by atoms with van der Waals surface area (Å²) in [5.74, 6) is 1.00. The van der Waals surface area contributed by atoms with E-state index in [-0.39, 0.29) is 24.3 Å². The number of carbonyl (C=O) groups is 2. The molecule has 0 spiro atoms. The maximum atomic E-state index is 13.2. The van der Waals surface area contributed by atoms with Crippen molar-refractivity contribution in [2.45, 2.75) is 58.9 Å². The Balaban J connectivity index is 1.63. The lowest BCUT2D eigenvalue weighted by molar-refractivity contribution is -0.131. The van der Waals surface area contributed by atoms with Gasteiger partial charge in [0.2, 0.25) is 11.8 Å². The van der Waals surface area contributed by atoms with Gasteiger partial charge in [-0.25, -0.2) is 4.98 Å². The van der Waals surface area contributed by atoms with Crippen LogP contribution in [0.5, 0.6) is 0 Å². The van der Waals surface area contributed by atoms with E-state index < -0.39 is 0 Å². The molecule has 0 N–H and O–H groups in total. The molecule has 1 aliphatic heterocycles. The van der Waals surface area contributed by atoms with E-state index in [0.717, 1.165) is 54.9 Å². The molecule has 6 heteroatoms. The highest BCUT2D eigenvalue weighted by molar-refractivity contribution is 5.96. The van der Waals surface area contributed by atoms with Gasteiger partial charge < -0.3 is 14.4 Å². The zero-order valence-corrected chi connectivity index (χ0v) is 20.0. The lowest BCUT2D eigenvalue weighted by Crippen LogP contribution is -2.35. The fourth-order valence-electron chi connectivity index (χ4n) is 4.75. The summed E-state index contributed by atoms with van der Waals surface area (Å²) in [6, 6.07) is 16.2. The molecule has 1 aromatic heterocycles. The van der Waals surface area contributed by atoms with Gasteiger partial charge in [-0.15, -0.1) is 0 Å². The zero-order valence-electron chi connectivity index (χ0n) is 20.0. The van der Waals surface area contributed by atoms with E-state index in [2.05, 4.69) is 32.9 Å². The summed E-state index contributed by atoms with van der Waals surface area (Å²) in [6.45, 7) is 8.68.